The van der Waals surface area contributed by atoms with Crippen molar-refractivity contribution in [1.82, 2.24) is 36.7 Å². The lowest BCUT2D eigenvalue weighted by Crippen LogP contribution is -2.60. The SMILES string of the molecule is CC(=O)[C@H](CCCCN)NC(=O)[C@@H](Cc1ccccc1)NC(=O)[C@H](Cc1c[nH]c2ccccc12)NC(=O)[C@H](C)NC(=O)N(Cc1ccc(O)cc1)NC(=O)[C@H](C)N. The first-order valence-electron chi connectivity index (χ1n) is 18.9. The highest BCUT2D eigenvalue weighted by molar-refractivity contribution is 5.96. The first-order valence-corrected chi connectivity index (χ1v) is 18.9. The highest BCUT2D eigenvalue weighted by Crippen LogP contribution is 2.20. The number of phenolic OH excluding ortho intramolecular Hbond substituents is 1. The molecule has 0 bridgehead atoms. The molecule has 0 saturated carbocycles. The van der Waals surface area contributed by atoms with Crippen molar-refractivity contribution in [2.45, 2.75) is 89.6 Å². The molecule has 3 aromatic carbocycles. The average Bonchev–Trinajstić information content (AvgIpc) is 3.60. The van der Waals surface area contributed by atoms with Crippen LogP contribution in [-0.2, 0) is 43.4 Å². The van der Waals surface area contributed by atoms with Gasteiger partial charge in [0.2, 0.25) is 17.7 Å². The second kappa shape index (κ2) is 21.2. The van der Waals surface area contributed by atoms with E-state index in [0.29, 0.717) is 36.9 Å². The van der Waals surface area contributed by atoms with E-state index in [1.807, 2.05) is 42.5 Å². The van der Waals surface area contributed by atoms with Crippen molar-refractivity contribution >= 4 is 46.3 Å². The number of carbonyl (C=O) groups excluding carboxylic acids is 6. The van der Waals surface area contributed by atoms with Crippen molar-refractivity contribution in [2.24, 2.45) is 11.5 Å². The number of nitrogens with two attached hydrogens (primary N) is 2. The molecule has 0 spiro atoms. The summed E-state index contributed by atoms with van der Waals surface area (Å²) in [4.78, 5) is 83.6. The summed E-state index contributed by atoms with van der Waals surface area (Å²) in [5.74, 6) is -2.85. The fourth-order valence-electron chi connectivity index (χ4n) is 6.01. The molecule has 16 heteroatoms. The predicted molar refractivity (Wildman–Crippen MR) is 215 cm³/mol. The first-order chi connectivity index (χ1) is 27.2. The molecule has 11 N–H and O–H groups in total. The van der Waals surface area contributed by atoms with E-state index < -0.39 is 59.9 Å². The fraction of sp³-hybridized carbons (Fsp3) is 0.366. The van der Waals surface area contributed by atoms with E-state index >= 15 is 0 Å². The molecular weight excluding hydrogens is 731 g/mol. The molecule has 6 amide bonds. The molecule has 1 heterocycles. The van der Waals surface area contributed by atoms with E-state index in [4.69, 9.17) is 11.5 Å². The summed E-state index contributed by atoms with van der Waals surface area (Å²) < 4.78 is 0. The van der Waals surface area contributed by atoms with Gasteiger partial charge in [-0.1, -0.05) is 60.7 Å². The lowest BCUT2D eigenvalue weighted by atomic mass is 10.0. The number of nitrogens with zero attached hydrogens (tertiary/aromatic N) is 1. The summed E-state index contributed by atoms with van der Waals surface area (Å²) in [6, 6.07) is 16.3. The number of hydrogen-bond acceptors (Lipinski definition) is 9. The maximum absolute atomic E-state index is 14.3. The largest absolute Gasteiger partial charge is 0.508 e. The van der Waals surface area contributed by atoms with Gasteiger partial charge in [0.1, 0.15) is 23.9 Å². The molecule has 0 aliphatic heterocycles. The third kappa shape index (κ3) is 13.2. The normalized spacial score (nSPS) is 13.6. The number of Topliss-reactive ketones (excluding diaryl/α,β-unsaturated/α-hetero) is 1. The lowest BCUT2D eigenvalue weighted by Gasteiger charge is -2.28. The summed E-state index contributed by atoms with van der Waals surface area (Å²) in [6.45, 7) is 4.56. The topological polar surface area (TPSA) is 254 Å². The number of hydrogen-bond donors (Lipinski definition) is 9. The van der Waals surface area contributed by atoms with Gasteiger partial charge in [0, 0.05) is 29.9 Å². The summed E-state index contributed by atoms with van der Waals surface area (Å²) in [6.07, 6.45) is 3.52. The number of carbonyl (C=O) groups is 6. The number of fused-ring (bicyclic) bond motifs is 1. The van der Waals surface area contributed by atoms with Crippen LogP contribution in [0, 0.1) is 0 Å². The van der Waals surface area contributed by atoms with Gasteiger partial charge in [0.05, 0.1) is 18.6 Å². The van der Waals surface area contributed by atoms with Crippen LogP contribution >= 0.6 is 0 Å². The Balaban J connectivity index is 1.57. The standard InChI is InChI=1S/C41H53N9O7/c1-25(43)37(53)49-50(24-29-16-18-31(52)19-17-29)41(57)45-26(2)38(54)47-36(22-30-23-44-34-15-8-7-13-32(30)34)40(56)48-35(21-28-11-5-4-6-12-28)39(55)46-33(27(3)51)14-9-10-20-42/h4-8,11-13,15-19,23,25-26,33,35-36,44,52H,9-10,14,20-22,24,42-43H2,1-3H3,(H,45,57)(H,46,55)(H,47,54)(H,48,56)(H,49,53)/t25-,26-,33-,35+,36-/m0/s1. The smallest absolute Gasteiger partial charge is 0.337 e. The maximum atomic E-state index is 14.3. The highest BCUT2D eigenvalue weighted by atomic mass is 16.3. The van der Waals surface area contributed by atoms with E-state index in [1.54, 1.807) is 30.5 Å². The van der Waals surface area contributed by atoms with Gasteiger partial charge in [-0.25, -0.2) is 9.80 Å². The quantitative estimate of drug-likeness (QED) is 0.0496. The minimum absolute atomic E-state index is 0.00844. The average molecular weight is 784 g/mol. The van der Waals surface area contributed by atoms with Gasteiger partial charge in [-0.15, -0.1) is 0 Å². The van der Waals surface area contributed by atoms with Crippen LogP contribution in [0.1, 0.15) is 56.7 Å². The van der Waals surface area contributed by atoms with Gasteiger partial charge in [-0.2, -0.15) is 0 Å². The molecule has 1 aromatic heterocycles. The molecule has 0 radical (unpaired) electrons. The van der Waals surface area contributed by atoms with E-state index in [9.17, 15) is 33.9 Å². The van der Waals surface area contributed by atoms with Crippen LogP contribution in [0.15, 0.2) is 85.1 Å². The third-order valence-electron chi connectivity index (χ3n) is 9.32. The van der Waals surface area contributed by atoms with E-state index in [1.165, 1.54) is 32.9 Å². The molecule has 0 unspecified atom stereocenters. The van der Waals surface area contributed by atoms with Gasteiger partial charge < -0.3 is 42.8 Å². The molecule has 57 heavy (non-hydrogen) atoms. The van der Waals surface area contributed by atoms with Gasteiger partial charge >= 0.3 is 6.03 Å². The Hall–Kier alpha value is -6.26. The summed E-state index contributed by atoms with van der Waals surface area (Å²) in [7, 11) is 0. The number of aromatic nitrogens is 1. The second-order valence-electron chi connectivity index (χ2n) is 14.0. The number of rotatable bonds is 19. The number of H-pyrrole nitrogens is 1. The number of benzene rings is 3. The second-order valence-corrected chi connectivity index (χ2v) is 14.0. The minimum atomic E-state index is -1.24. The number of hydrazine groups is 1. The Morgan fingerprint density at radius 3 is 1.98 bits per heavy atom. The maximum Gasteiger partial charge on any atom is 0.337 e. The number of phenols is 1. The first kappa shape index (κ1) is 43.5. The van der Waals surface area contributed by atoms with Crippen molar-refractivity contribution < 1.29 is 33.9 Å². The highest BCUT2D eigenvalue weighted by Gasteiger charge is 2.31. The van der Waals surface area contributed by atoms with Gasteiger partial charge in [0.25, 0.3) is 5.91 Å². The van der Waals surface area contributed by atoms with E-state index in [-0.39, 0.29) is 30.9 Å². The number of para-hydroxylation sites is 1. The fourth-order valence-corrected chi connectivity index (χ4v) is 6.01. The number of unbranched alkanes of at least 4 members (excludes halogenated alkanes) is 1. The van der Waals surface area contributed by atoms with Crippen molar-refractivity contribution in [2.75, 3.05) is 6.54 Å². The Morgan fingerprint density at radius 2 is 1.33 bits per heavy atom. The number of amides is 6. The molecule has 4 rings (SSSR count). The van der Waals surface area contributed by atoms with Crippen LogP contribution in [0.5, 0.6) is 5.75 Å². The van der Waals surface area contributed by atoms with Crippen LogP contribution in [-0.4, -0.2) is 87.3 Å². The van der Waals surface area contributed by atoms with Gasteiger partial charge in [-0.3, -0.25) is 29.4 Å². The van der Waals surface area contributed by atoms with Crippen LogP contribution in [0.3, 0.4) is 0 Å². The van der Waals surface area contributed by atoms with Gasteiger partial charge in [0.15, 0.2) is 5.78 Å². The number of nitrogens with one attached hydrogen (secondary N) is 6. The number of urea groups is 1. The Labute approximate surface area is 331 Å². The lowest BCUT2D eigenvalue weighted by molar-refractivity contribution is -0.133. The van der Waals surface area contributed by atoms with Crippen molar-refractivity contribution in [1.29, 1.82) is 0 Å². The third-order valence-corrected chi connectivity index (χ3v) is 9.32. The zero-order valence-electron chi connectivity index (χ0n) is 32.4. The Bertz CT molecular complexity index is 1990. The van der Waals surface area contributed by atoms with E-state index in [0.717, 1.165) is 21.5 Å². The van der Waals surface area contributed by atoms with E-state index in [2.05, 4.69) is 31.7 Å². The number of ketones is 1. The van der Waals surface area contributed by atoms with Crippen LogP contribution < -0.4 is 38.2 Å². The van der Waals surface area contributed by atoms with Crippen molar-refractivity contribution in [3.8, 4) is 5.75 Å². The molecular formula is C41H53N9O7. The predicted octanol–water partition coefficient (Wildman–Crippen LogP) is 1.81. The molecule has 0 saturated heterocycles. The summed E-state index contributed by atoms with van der Waals surface area (Å²) in [5, 5.41) is 22.4. The Kier molecular flexibility index (Phi) is 16.1. The monoisotopic (exact) mass is 783 g/mol. The molecule has 304 valence electrons. The molecule has 0 fully saturated rings. The van der Waals surface area contributed by atoms with Crippen LogP contribution in [0.25, 0.3) is 10.9 Å². The zero-order chi connectivity index (χ0) is 41.5. The minimum Gasteiger partial charge on any atom is -0.508 e. The number of aromatic amines is 1. The van der Waals surface area contributed by atoms with Crippen LogP contribution in [0.4, 0.5) is 4.79 Å². The number of aromatic hydroxyl groups is 1. The summed E-state index contributed by atoms with van der Waals surface area (Å²) in [5.41, 5.74) is 16.6. The van der Waals surface area contributed by atoms with Crippen molar-refractivity contribution in [3.63, 3.8) is 0 Å². The molecule has 4 aromatic rings. The summed E-state index contributed by atoms with van der Waals surface area (Å²) >= 11 is 0. The molecule has 0 aliphatic carbocycles. The molecule has 0 aliphatic rings. The zero-order valence-corrected chi connectivity index (χ0v) is 32.4. The Morgan fingerprint density at radius 1 is 0.719 bits per heavy atom. The van der Waals surface area contributed by atoms with Crippen LogP contribution in [0.2, 0.25) is 0 Å². The molecule has 5 atom stereocenters. The van der Waals surface area contributed by atoms with Crippen molar-refractivity contribution in [3.05, 3.63) is 102 Å². The van der Waals surface area contributed by atoms with Gasteiger partial charge in [-0.05, 0) is 81.5 Å². The molecule has 16 nitrogen and oxygen atoms in total.